The molecule has 2 N–H and O–H groups in total. The van der Waals surface area contributed by atoms with Crippen LogP contribution in [0.1, 0.15) is 34.7 Å². The molecule has 1 aromatic heterocycles. The van der Waals surface area contributed by atoms with E-state index < -0.39 is 0 Å². The van der Waals surface area contributed by atoms with Gasteiger partial charge in [-0.3, -0.25) is 4.79 Å². The van der Waals surface area contributed by atoms with E-state index in [9.17, 15) is 4.79 Å². The van der Waals surface area contributed by atoms with Crippen LogP contribution in [0.2, 0.25) is 0 Å². The Morgan fingerprint density at radius 3 is 2.54 bits per heavy atom. The number of halogens is 1. The van der Waals surface area contributed by atoms with Gasteiger partial charge >= 0.3 is 0 Å². The normalized spacial score (nSPS) is 15.3. The number of carbonyl (C=O) groups excluding carboxylic acids is 1. The van der Waals surface area contributed by atoms with Crippen molar-refractivity contribution in [3.05, 3.63) is 52.1 Å². The number of nitrogen functional groups attached to an aromatic ring is 1. The minimum atomic E-state index is 0.0760. The molecule has 0 radical (unpaired) electrons. The smallest absolute Gasteiger partial charge is 0.253 e. The van der Waals surface area contributed by atoms with Gasteiger partial charge in [-0.1, -0.05) is 15.9 Å². The summed E-state index contributed by atoms with van der Waals surface area (Å²) >= 11 is 3.39. The highest BCUT2D eigenvalue weighted by Crippen LogP contribution is 2.37. The lowest BCUT2D eigenvalue weighted by atomic mass is 9.89. The third-order valence-corrected chi connectivity index (χ3v) is 5.01. The lowest BCUT2D eigenvalue weighted by Gasteiger charge is -2.33. The fourth-order valence-corrected chi connectivity index (χ4v) is 3.47. The van der Waals surface area contributed by atoms with Gasteiger partial charge in [0.25, 0.3) is 5.91 Å². The summed E-state index contributed by atoms with van der Waals surface area (Å²) in [5, 5.41) is 0. The number of methoxy groups -OCH3 is 1. The Hall–Kier alpha value is -2.08. The minimum absolute atomic E-state index is 0.0760. The molecular weight excluding hydrogens is 370 g/mol. The molecule has 24 heavy (non-hydrogen) atoms. The van der Waals surface area contributed by atoms with Crippen molar-refractivity contribution in [2.75, 3.05) is 25.9 Å². The largest absolute Gasteiger partial charge is 0.496 e. The summed E-state index contributed by atoms with van der Waals surface area (Å²) in [6.07, 6.45) is 3.37. The van der Waals surface area contributed by atoms with Crippen LogP contribution in [-0.4, -0.2) is 36.0 Å². The molecule has 1 saturated heterocycles. The van der Waals surface area contributed by atoms with Crippen molar-refractivity contribution in [3.63, 3.8) is 0 Å². The summed E-state index contributed by atoms with van der Waals surface area (Å²) in [6, 6.07) is 9.31. The Labute approximate surface area is 149 Å². The number of ether oxygens (including phenoxy) is 1. The molecule has 1 amide bonds. The average Bonchev–Trinajstić information content (AvgIpc) is 2.61. The van der Waals surface area contributed by atoms with Crippen LogP contribution in [0.5, 0.6) is 5.75 Å². The molecule has 0 bridgehead atoms. The summed E-state index contributed by atoms with van der Waals surface area (Å²) in [4.78, 5) is 18.7. The molecule has 1 aromatic carbocycles. The third-order valence-electron chi connectivity index (χ3n) is 4.48. The van der Waals surface area contributed by atoms with E-state index in [0.717, 1.165) is 34.2 Å². The molecule has 126 valence electrons. The van der Waals surface area contributed by atoms with Crippen molar-refractivity contribution in [3.8, 4) is 5.75 Å². The van der Waals surface area contributed by atoms with Crippen molar-refractivity contribution in [2.24, 2.45) is 0 Å². The van der Waals surface area contributed by atoms with Gasteiger partial charge in [-0.05, 0) is 49.1 Å². The van der Waals surface area contributed by atoms with Crippen LogP contribution in [0.3, 0.4) is 0 Å². The van der Waals surface area contributed by atoms with Gasteiger partial charge in [-0.15, -0.1) is 0 Å². The van der Waals surface area contributed by atoms with Gasteiger partial charge < -0.3 is 15.4 Å². The zero-order valence-electron chi connectivity index (χ0n) is 13.5. The molecule has 5 nitrogen and oxygen atoms in total. The first-order chi connectivity index (χ1) is 11.6. The Balaban J connectivity index is 1.70. The highest BCUT2D eigenvalue weighted by molar-refractivity contribution is 9.10. The first-order valence-corrected chi connectivity index (χ1v) is 8.72. The number of pyridine rings is 1. The molecule has 1 aliphatic heterocycles. The first-order valence-electron chi connectivity index (χ1n) is 7.93. The predicted octanol–water partition coefficient (Wildman–Crippen LogP) is 3.45. The molecule has 2 heterocycles. The molecule has 0 unspecified atom stereocenters. The Bertz CT molecular complexity index is 726. The number of nitrogens with two attached hydrogens (primary N) is 1. The fourth-order valence-electron chi connectivity index (χ4n) is 3.21. The lowest BCUT2D eigenvalue weighted by molar-refractivity contribution is 0.0712. The van der Waals surface area contributed by atoms with E-state index in [2.05, 4.69) is 20.9 Å². The number of anilines is 1. The van der Waals surface area contributed by atoms with Gasteiger partial charge in [0.05, 0.1) is 7.11 Å². The fraction of sp³-hybridized carbons (Fsp3) is 0.333. The number of piperidine rings is 1. The molecular formula is C18H20BrN3O2. The predicted molar refractivity (Wildman–Crippen MR) is 97.2 cm³/mol. The van der Waals surface area contributed by atoms with Gasteiger partial charge in [0, 0.05) is 34.9 Å². The number of aromatic nitrogens is 1. The van der Waals surface area contributed by atoms with E-state index in [1.54, 1.807) is 13.3 Å². The number of hydrogen-bond acceptors (Lipinski definition) is 4. The number of amides is 1. The molecule has 6 heteroatoms. The quantitative estimate of drug-likeness (QED) is 0.872. The van der Waals surface area contributed by atoms with Crippen LogP contribution in [0.25, 0.3) is 0 Å². The average molecular weight is 390 g/mol. The second-order valence-electron chi connectivity index (χ2n) is 5.89. The van der Waals surface area contributed by atoms with Gasteiger partial charge in [0.2, 0.25) is 0 Å². The van der Waals surface area contributed by atoms with Crippen molar-refractivity contribution >= 4 is 27.7 Å². The molecule has 1 aliphatic rings. The number of nitrogens with zero attached hydrogens (tertiary/aromatic N) is 2. The number of rotatable bonds is 3. The molecule has 0 spiro atoms. The highest BCUT2D eigenvalue weighted by Gasteiger charge is 2.28. The van der Waals surface area contributed by atoms with Crippen LogP contribution in [0.4, 0.5) is 5.82 Å². The SMILES string of the molecule is COc1ccnc(N)c1C1CCN(C(=O)c2ccc(Br)cc2)CC1. The minimum Gasteiger partial charge on any atom is -0.496 e. The monoisotopic (exact) mass is 389 g/mol. The summed E-state index contributed by atoms with van der Waals surface area (Å²) in [5.41, 5.74) is 7.74. The van der Waals surface area contributed by atoms with Crippen molar-refractivity contribution in [1.29, 1.82) is 0 Å². The Morgan fingerprint density at radius 2 is 1.92 bits per heavy atom. The van der Waals surface area contributed by atoms with E-state index in [1.807, 2.05) is 35.2 Å². The second-order valence-corrected chi connectivity index (χ2v) is 6.80. The number of benzene rings is 1. The summed E-state index contributed by atoms with van der Waals surface area (Å²) < 4.78 is 6.40. The topological polar surface area (TPSA) is 68.5 Å². The van der Waals surface area contributed by atoms with Crippen LogP contribution in [0, 0.1) is 0 Å². The standard InChI is InChI=1S/C18H20BrN3O2/c1-24-15-6-9-21-17(20)16(15)12-7-10-22(11-8-12)18(23)13-2-4-14(19)5-3-13/h2-6,9,12H,7-8,10-11H2,1H3,(H2,20,21). The summed E-state index contributed by atoms with van der Waals surface area (Å²) in [7, 11) is 1.64. The van der Waals surface area contributed by atoms with Gasteiger partial charge in [-0.2, -0.15) is 0 Å². The summed E-state index contributed by atoms with van der Waals surface area (Å²) in [6.45, 7) is 1.41. The van der Waals surface area contributed by atoms with Crippen molar-refractivity contribution < 1.29 is 9.53 Å². The second kappa shape index (κ2) is 7.21. The molecule has 0 aliphatic carbocycles. The van der Waals surface area contributed by atoms with Gasteiger partial charge in [0.15, 0.2) is 0 Å². The van der Waals surface area contributed by atoms with Crippen molar-refractivity contribution in [2.45, 2.75) is 18.8 Å². The number of likely N-dealkylation sites (tertiary alicyclic amines) is 1. The molecule has 1 fully saturated rings. The maximum atomic E-state index is 12.6. The third kappa shape index (κ3) is 3.38. The number of carbonyl (C=O) groups is 1. The zero-order valence-corrected chi connectivity index (χ0v) is 15.1. The van der Waals surface area contributed by atoms with Crippen LogP contribution >= 0.6 is 15.9 Å². The van der Waals surface area contributed by atoms with E-state index in [4.69, 9.17) is 10.5 Å². The van der Waals surface area contributed by atoms with Crippen LogP contribution in [0.15, 0.2) is 41.0 Å². The maximum Gasteiger partial charge on any atom is 0.253 e. The van der Waals surface area contributed by atoms with E-state index in [1.165, 1.54) is 0 Å². The molecule has 2 aromatic rings. The molecule has 0 saturated carbocycles. The Morgan fingerprint density at radius 1 is 1.25 bits per heavy atom. The van der Waals surface area contributed by atoms with Gasteiger partial charge in [-0.25, -0.2) is 4.98 Å². The molecule has 0 atom stereocenters. The number of hydrogen-bond donors (Lipinski definition) is 1. The van der Waals surface area contributed by atoms with Gasteiger partial charge in [0.1, 0.15) is 11.6 Å². The Kier molecular flexibility index (Phi) is 5.04. The van der Waals surface area contributed by atoms with E-state index in [-0.39, 0.29) is 11.8 Å². The lowest BCUT2D eigenvalue weighted by Crippen LogP contribution is -2.38. The van der Waals surface area contributed by atoms with E-state index in [0.29, 0.717) is 18.9 Å². The van der Waals surface area contributed by atoms with E-state index >= 15 is 0 Å². The van der Waals surface area contributed by atoms with Crippen LogP contribution < -0.4 is 10.5 Å². The highest BCUT2D eigenvalue weighted by atomic mass is 79.9. The van der Waals surface area contributed by atoms with Crippen molar-refractivity contribution in [1.82, 2.24) is 9.88 Å². The van der Waals surface area contributed by atoms with Crippen LogP contribution in [-0.2, 0) is 0 Å². The summed E-state index contributed by atoms with van der Waals surface area (Å²) in [5.74, 6) is 1.64. The molecule has 3 rings (SSSR count). The zero-order chi connectivity index (χ0) is 17.1. The first kappa shape index (κ1) is 16.8. The maximum absolute atomic E-state index is 12.6.